The van der Waals surface area contributed by atoms with Crippen molar-refractivity contribution in [1.82, 2.24) is 0 Å². The van der Waals surface area contributed by atoms with Crippen LogP contribution >= 0.6 is 15.9 Å². The molecule has 0 atom stereocenters. The third-order valence-corrected chi connectivity index (χ3v) is 6.95. The minimum atomic E-state index is 1.16. The van der Waals surface area contributed by atoms with Crippen LogP contribution in [0, 0.1) is 0 Å². The molecule has 0 aromatic heterocycles. The van der Waals surface area contributed by atoms with Crippen LogP contribution in [0.25, 0.3) is 54.6 Å². The van der Waals surface area contributed by atoms with Crippen LogP contribution in [-0.2, 0) is 0 Å². The number of rotatable bonds is 2. The van der Waals surface area contributed by atoms with Crippen LogP contribution in [0.15, 0.2) is 120 Å². The quantitative estimate of drug-likeness (QED) is 0.226. The van der Waals surface area contributed by atoms with Crippen molar-refractivity contribution in [3.8, 4) is 22.3 Å². The molecule has 0 aliphatic heterocycles. The molecule has 31 heavy (non-hydrogen) atoms. The van der Waals surface area contributed by atoms with Crippen molar-refractivity contribution in [3.05, 3.63) is 120 Å². The maximum Gasteiger partial charge on any atom is 0.0332 e. The molecule has 6 aromatic rings. The maximum atomic E-state index is 3.86. The zero-order chi connectivity index (χ0) is 20.8. The van der Waals surface area contributed by atoms with Gasteiger partial charge in [-0.1, -0.05) is 103 Å². The Labute approximate surface area is 189 Å². The summed E-state index contributed by atoms with van der Waals surface area (Å²) in [5.41, 5.74) is 5.01. The van der Waals surface area contributed by atoms with Crippen LogP contribution < -0.4 is 0 Å². The van der Waals surface area contributed by atoms with Crippen molar-refractivity contribution in [2.45, 2.75) is 0 Å². The van der Waals surface area contributed by atoms with E-state index in [0.717, 1.165) is 4.47 Å². The molecule has 0 aliphatic carbocycles. The average molecular weight is 459 g/mol. The largest absolute Gasteiger partial charge is 0.0616 e. The maximum absolute atomic E-state index is 3.86. The van der Waals surface area contributed by atoms with E-state index >= 15 is 0 Å². The van der Waals surface area contributed by atoms with E-state index in [-0.39, 0.29) is 0 Å². The zero-order valence-corrected chi connectivity index (χ0v) is 18.4. The highest BCUT2D eigenvalue weighted by molar-refractivity contribution is 9.10. The monoisotopic (exact) mass is 458 g/mol. The molecular weight excluding hydrogens is 440 g/mol. The molecule has 0 nitrogen and oxygen atoms in total. The number of benzene rings is 6. The van der Waals surface area contributed by atoms with Crippen LogP contribution in [0.3, 0.4) is 0 Å². The highest BCUT2D eigenvalue weighted by Gasteiger charge is 2.14. The molecule has 146 valence electrons. The molecule has 0 radical (unpaired) electrons. The average Bonchev–Trinajstić information content (AvgIpc) is 2.84. The summed E-state index contributed by atoms with van der Waals surface area (Å²) in [7, 11) is 0. The van der Waals surface area contributed by atoms with Gasteiger partial charge in [0.25, 0.3) is 0 Å². The molecule has 6 rings (SSSR count). The zero-order valence-electron chi connectivity index (χ0n) is 16.8. The van der Waals surface area contributed by atoms with Gasteiger partial charge in [0.15, 0.2) is 0 Å². The SMILES string of the molecule is Brc1c2ccccc2c(-c2cccc(-c3ccc4ccccc4c3)c2)c2ccccc12. The van der Waals surface area contributed by atoms with E-state index in [1.807, 2.05) is 0 Å². The van der Waals surface area contributed by atoms with Gasteiger partial charge in [0.2, 0.25) is 0 Å². The standard InChI is InChI=1S/C30H19Br/c31-30-27-14-5-3-12-25(27)29(26-13-4-6-15-28(26)30)24-11-7-10-22(19-24)23-17-16-20-8-1-2-9-21(20)18-23/h1-19H. The van der Waals surface area contributed by atoms with Crippen LogP contribution in [0.5, 0.6) is 0 Å². The molecule has 0 heterocycles. The number of fused-ring (bicyclic) bond motifs is 3. The fraction of sp³-hybridized carbons (Fsp3) is 0. The summed E-state index contributed by atoms with van der Waals surface area (Å²) in [6.07, 6.45) is 0. The first-order valence-corrected chi connectivity index (χ1v) is 11.3. The van der Waals surface area contributed by atoms with Gasteiger partial charge < -0.3 is 0 Å². The Balaban J connectivity index is 1.62. The Hall–Kier alpha value is -3.42. The summed E-state index contributed by atoms with van der Waals surface area (Å²) in [6.45, 7) is 0. The van der Waals surface area contributed by atoms with Crippen molar-refractivity contribution in [3.63, 3.8) is 0 Å². The van der Waals surface area contributed by atoms with Gasteiger partial charge in [-0.2, -0.15) is 0 Å². The first kappa shape index (κ1) is 18.4. The van der Waals surface area contributed by atoms with Crippen LogP contribution in [0.1, 0.15) is 0 Å². The Kier molecular flexibility index (Phi) is 4.36. The number of halogens is 1. The smallest absolute Gasteiger partial charge is 0.0332 e. The second-order valence-electron chi connectivity index (χ2n) is 7.92. The van der Waals surface area contributed by atoms with Crippen molar-refractivity contribution in [2.75, 3.05) is 0 Å². The second kappa shape index (κ2) is 7.37. The Morgan fingerprint density at radius 3 is 1.65 bits per heavy atom. The molecule has 0 saturated carbocycles. The lowest BCUT2D eigenvalue weighted by atomic mass is 9.90. The fourth-order valence-electron chi connectivity index (χ4n) is 4.61. The normalized spacial score (nSPS) is 11.4. The molecule has 0 unspecified atom stereocenters. The summed E-state index contributed by atoms with van der Waals surface area (Å²) in [6, 6.07) is 41.5. The second-order valence-corrected chi connectivity index (χ2v) is 8.72. The van der Waals surface area contributed by atoms with E-state index in [9.17, 15) is 0 Å². The van der Waals surface area contributed by atoms with Gasteiger partial charge in [0.05, 0.1) is 0 Å². The predicted molar refractivity (Wildman–Crippen MR) is 138 cm³/mol. The third kappa shape index (κ3) is 3.05. The minimum Gasteiger partial charge on any atom is -0.0616 e. The Morgan fingerprint density at radius 2 is 0.935 bits per heavy atom. The topological polar surface area (TPSA) is 0 Å². The van der Waals surface area contributed by atoms with E-state index in [4.69, 9.17) is 0 Å². The molecule has 0 N–H and O–H groups in total. The summed E-state index contributed by atoms with van der Waals surface area (Å²) < 4.78 is 1.16. The van der Waals surface area contributed by atoms with Crippen molar-refractivity contribution < 1.29 is 0 Å². The van der Waals surface area contributed by atoms with Crippen LogP contribution in [-0.4, -0.2) is 0 Å². The van der Waals surface area contributed by atoms with E-state index < -0.39 is 0 Å². The molecule has 0 amide bonds. The molecule has 6 aromatic carbocycles. The summed E-state index contributed by atoms with van der Waals surface area (Å²) in [5, 5.41) is 7.56. The lowest BCUT2D eigenvalue weighted by Crippen LogP contribution is -1.88. The third-order valence-electron chi connectivity index (χ3n) is 6.10. The molecule has 0 spiro atoms. The summed E-state index contributed by atoms with van der Waals surface area (Å²) in [4.78, 5) is 0. The van der Waals surface area contributed by atoms with E-state index in [0.29, 0.717) is 0 Å². The van der Waals surface area contributed by atoms with Gasteiger partial charge in [-0.25, -0.2) is 0 Å². The molecule has 0 bridgehead atoms. The Bertz CT molecular complexity index is 1540. The van der Waals surface area contributed by atoms with Gasteiger partial charge >= 0.3 is 0 Å². The highest BCUT2D eigenvalue weighted by atomic mass is 79.9. The van der Waals surface area contributed by atoms with E-state index in [1.165, 1.54) is 54.6 Å². The summed E-state index contributed by atoms with van der Waals surface area (Å²) >= 11 is 3.86. The van der Waals surface area contributed by atoms with Gasteiger partial charge in [-0.3, -0.25) is 0 Å². The first-order chi connectivity index (χ1) is 15.3. The molecule has 0 saturated heterocycles. The molecule has 0 fully saturated rings. The number of hydrogen-bond acceptors (Lipinski definition) is 0. The minimum absolute atomic E-state index is 1.16. The van der Waals surface area contributed by atoms with E-state index in [1.54, 1.807) is 0 Å². The fourth-order valence-corrected chi connectivity index (χ4v) is 5.30. The van der Waals surface area contributed by atoms with Crippen molar-refractivity contribution >= 4 is 48.2 Å². The molecule has 0 aliphatic rings. The van der Waals surface area contributed by atoms with Crippen LogP contribution in [0.4, 0.5) is 0 Å². The number of hydrogen-bond donors (Lipinski definition) is 0. The van der Waals surface area contributed by atoms with E-state index in [2.05, 4.69) is 131 Å². The Morgan fingerprint density at radius 1 is 0.387 bits per heavy atom. The van der Waals surface area contributed by atoms with Crippen molar-refractivity contribution in [1.29, 1.82) is 0 Å². The predicted octanol–water partition coefficient (Wildman–Crippen LogP) is 9.24. The lowest BCUT2D eigenvalue weighted by Gasteiger charge is -2.15. The molecular formula is C30H19Br. The lowest BCUT2D eigenvalue weighted by molar-refractivity contribution is 1.63. The van der Waals surface area contributed by atoms with Crippen LogP contribution in [0.2, 0.25) is 0 Å². The summed E-state index contributed by atoms with van der Waals surface area (Å²) in [5.74, 6) is 0. The van der Waals surface area contributed by atoms with Gasteiger partial charge in [-0.05, 0) is 82.6 Å². The van der Waals surface area contributed by atoms with Crippen molar-refractivity contribution in [2.24, 2.45) is 0 Å². The van der Waals surface area contributed by atoms with Gasteiger partial charge in [-0.15, -0.1) is 0 Å². The highest BCUT2D eigenvalue weighted by Crippen LogP contribution is 2.42. The molecule has 1 heteroatoms. The first-order valence-electron chi connectivity index (χ1n) is 10.5. The van der Waals surface area contributed by atoms with Gasteiger partial charge in [0.1, 0.15) is 0 Å². The van der Waals surface area contributed by atoms with Gasteiger partial charge in [0, 0.05) is 4.47 Å².